The van der Waals surface area contributed by atoms with Gasteiger partial charge in [0.05, 0.1) is 42.2 Å². The summed E-state index contributed by atoms with van der Waals surface area (Å²) in [6.07, 6.45) is 4.68. The zero-order chi connectivity index (χ0) is 31.0. The monoisotopic (exact) mass is 658 g/mol. The first kappa shape index (κ1) is 30.7. The normalized spacial score (nSPS) is 19.0. The number of ether oxygens (including phenoxy) is 3. The maximum absolute atomic E-state index is 13.4. The van der Waals surface area contributed by atoms with Gasteiger partial charge >= 0.3 is 5.97 Å². The Morgan fingerprint density at radius 1 is 0.909 bits per heavy atom. The van der Waals surface area contributed by atoms with Crippen LogP contribution in [0.1, 0.15) is 50.1 Å². The van der Waals surface area contributed by atoms with Crippen LogP contribution >= 0.6 is 23.2 Å². The summed E-state index contributed by atoms with van der Waals surface area (Å²) in [5.74, 6) is 0.471. The molecule has 0 bridgehead atoms. The first-order valence-corrected chi connectivity index (χ1v) is 16.7. The number of hydrogen-bond donors (Lipinski definition) is 1. The molecule has 232 valence electrons. The summed E-state index contributed by atoms with van der Waals surface area (Å²) in [4.78, 5) is 25.7. The lowest BCUT2D eigenvalue weighted by Crippen LogP contribution is -2.58. The van der Waals surface area contributed by atoms with Gasteiger partial charge in [0.15, 0.2) is 0 Å². The van der Waals surface area contributed by atoms with Gasteiger partial charge in [-0.05, 0) is 73.6 Å². The second-order valence-electron chi connectivity index (χ2n) is 11.3. The standard InChI is InChI=1S/C32H32Cl2N2O7S/c1-41-30(37)18-26(35-32(38)27-13-14-36(27)44(39,40)25-16-21(33)15-22(34)17-25)19-5-7-20(8-6-19)31-28(42-23-9-10-23)3-2-4-29(31)43-24-11-12-24/h2-8,15-17,23-24,26-27H,9-14,18H2,1H3,(H,35,38)/t26-,27+/m1/s1. The Labute approximate surface area is 266 Å². The van der Waals surface area contributed by atoms with Crippen molar-refractivity contribution in [2.75, 3.05) is 13.7 Å². The molecule has 1 aliphatic heterocycles. The second-order valence-corrected chi connectivity index (χ2v) is 14.0. The van der Waals surface area contributed by atoms with E-state index in [1.807, 2.05) is 42.5 Å². The van der Waals surface area contributed by atoms with Gasteiger partial charge < -0.3 is 19.5 Å². The van der Waals surface area contributed by atoms with Crippen molar-refractivity contribution in [2.24, 2.45) is 0 Å². The Balaban J connectivity index is 1.23. The van der Waals surface area contributed by atoms with Crippen molar-refractivity contribution in [1.29, 1.82) is 0 Å². The average molecular weight is 660 g/mol. The Kier molecular flexibility index (Phi) is 8.79. The maximum atomic E-state index is 13.4. The summed E-state index contributed by atoms with van der Waals surface area (Å²) >= 11 is 12.1. The van der Waals surface area contributed by atoms with Gasteiger partial charge in [0, 0.05) is 16.6 Å². The van der Waals surface area contributed by atoms with E-state index in [0.29, 0.717) is 12.0 Å². The second kappa shape index (κ2) is 12.6. The molecule has 1 heterocycles. The van der Waals surface area contributed by atoms with Crippen molar-refractivity contribution in [2.45, 2.75) is 67.7 Å². The third kappa shape index (κ3) is 6.83. The summed E-state index contributed by atoms with van der Waals surface area (Å²) in [6.45, 7) is 0.161. The van der Waals surface area contributed by atoms with Gasteiger partial charge in [0.1, 0.15) is 17.5 Å². The lowest BCUT2D eigenvalue weighted by Gasteiger charge is -2.39. The fraction of sp³-hybridized carbons (Fsp3) is 0.375. The topological polar surface area (TPSA) is 111 Å². The average Bonchev–Trinajstić information content (AvgIpc) is 3.89. The lowest BCUT2D eigenvalue weighted by molar-refractivity contribution is -0.141. The molecule has 0 unspecified atom stereocenters. The molecular formula is C32H32Cl2N2O7S. The molecule has 3 aliphatic rings. The molecule has 44 heavy (non-hydrogen) atoms. The van der Waals surface area contributed by atoms with Gasteiger partial charge in [0.2, 0.25) is 15.9 Å². The molecule has 0 spiro atoms. The molecule has 3 aromatic carbocycles. The quantitative estimate of drug-likeness (QED) is 0.240. The van der Waals surface area contributed by atoms with Crippen molar-refractivity contribution in [1.82, 2.24) is 9.62 Å². The smallest absolute Gasteiger partial charge is 0.307 e. The third-order valence-electron chi connectivity index (χ3n) is 7.86. The van der Waals surface area contributed by atoms with Gasteiger partial charge in [-0.1, -0.05) is 53.5 Å². The van der Waals surface area contributed by atoms with Crippen LogP contribution in [-0.2, 0) is 24.3 Å². The number of carbonyl (C=O) groups excluding carboxylic acids is 2. The Morgan fingerprint density at radius 3 is 2.00 bits per heavy atom. The number of sulfonamides is 1. The molecule has 3 fully saturated rings. The first-order chi connectivity index (χ1) is 21.1. The molecule has 0 aromatic heterocycles. The van der Waals surface area contributed by atoms with E-state index in [9.17, 15) is 18.0 Å². The predicted molar refractivity (Wildman–Crippen MR) is 165 cm³/mol. The van der Waals surface area contributed by atoms with E-state index < -0.39 is 34.0 Å². The molecule has 9 nitrogen and oxygen atoms in total. The van der Waals surface area contributed by atoms with Crippen molar-refractivity contribution in [3.05, 3.63) is 76.3 Å². The van der Waals surface area contributed by atoms with Crippen LogP contribution in [0.2, 0.25) is 10.0 Å². The van der Waals surface area contributed by atoms with Gasteiger partial charge in [-0.25, -0.2) is 8.42 Å². The van der Waals surface area contributed by atoms with Gasteiger partial charge in [0.25, 0.3) is 0 Å². The number of halogens is 2. The molecule has 1 amide bonds. The van der Waals surface area contributed by atoms with Crippen molar-refractivity contribution < 1.29 is 32.2 Å². The van der Waals surface area contributed by atoms with Crippen molar-refractivity contribution >= 4 is 45.1 Å². The van der Waals surface area contributed by atoms with E-state index in [-0.39, 0.29) is 40.1 Å². The highest BCUT2D eigenvalue weighted by molar-refractivity contribution is 7.89. The minimum atomic E-state index is -4.03. The van der Waals surface area contributed by atoms with Gasteiger partial charge in [-0.15, -0.1) is 0 Å². The molecular weight excluding hydrogens is 627 g/mol. The van der Waals surface area contributed by atoms with Gasteiger partial charge in [-0.3, -0.25) is 9.59 Å². The first-order valence-electron chi connectivity index (χ1n) is 14.5. The van der Waals surface area contributed by atoms with E-state index in [1.54, 1.807) is 0 Å². The number of rotatable bonds is 12. The van der Waals surface area contributed by atoms with E-state index in [2.05, 4.69) is 5.32 Å². The maximum Gasteiger partial charge on any atom is 0.307 e. The zero-order valence-corrected chi connectivity index (χ0v) is 26.3. The number of nitrogens with zero attached hydrogens (tertiary/aromatic N) is 1. The van der Waals surface area contributed by atoms with Crippen LogP contribution < -0.4 is 14.8 Å². The molecule has 0 radical (unpaired) electrons. The number of esters is 1. The van der Waals surface area contributed by atoms with E-state index in [1.165, 1.54) is 25.3 Å². The molecule has 2 atom stereocenters. The van der Waals surface area contributed by atoms with Crippen LogP contribution in [0.5, 0.6) is 11.5 Å². The zero-order valence-electron chi connectivity index (χ0n) is 24.0. The third-order valence-corrected chi connectivity index (χ3v) is 10.2. The highest BCUT2D eigenvalue weighted by Crippen LogP contribution is 2.43. The molecule has 1 N–H and O–H groups in total. The highest BCUT2D eigenvalue weighted by atomic mass is 35.5. The SMILES string of the molecule is COC(=O)C[C@@H](NC(=O)[C@@H]1CCN1S(=O)(=O)c1cc(Cl)cc(Cl)c1)c1ccc(-c2c(OC3CC3)cccc2OC2CC2)cc1. The summed E-state index contributed by atoms with van der Waals surface area (Å²) < 4.78 is 45.1. The van der Waals surface area contributed by atoms with E-state index in [0.717, 1.165) is 52.6 Å². The number of amides is 1. The fourth-order valence-corrected chi connectivity index (χ4v) is 7.46. The number of nitrogens with one attached hydrogen (secondary N) is 1. The van der Waals surface area contributed by atoms with Crippen LogP contribution in [0.4, 0.5) is 0 Å². The van der Waals surface area contributed by atoms with Crippen LogP contribution in [0.3, 0.4) is 0 Å². The summed E-state index contributed by atoms with van der Waals surface area (Å²) in [7, 11) is -2.76. The Hall–Kier alpha value is -3.31. The molecule has 6 rings (SSSR count). The fourth-order valence-electron chi connectivity index (χ4n) is 5.10. The summed E-state index contributed by atoms with van der Waals surface area (Å²) in [5.41, 5.74) is 2.40. The number of benzene rings is 3. The molecule has 3 aromatic rings. The Bertz CT molecular complexity index is 1620. The lowest BCUT2D eigenvalue weighted by atomic mass is 9.97. The minimum Gasteiger partial charge on any atom is -0.490 e. The van der Waals surface area contributed by atoms with Crippen LogP contribution in [0.25, 0.3) is 11.1 Å². The number of methoxy groups -OCH3 is 1. The predicted octanol–water partition coefficient (Wildman–Crippen LogP) is 5.93. The molecule has 1 saturated heterocycles. The molecule has 2 aliphatic carbocycles. The number of hydrogen-bond acceptors (Lipinski definition) is 7. The van der Waals surface area contributed by atoms with Crippen molar-refractivity contribution in [3.8, 4) is 22.6 Å². The molecule has 2 saturated carbocycles. The van der Waals surface area contributed by atoms with Crippen molar-refractivity contribution in [3.63, 3.8) is 0 Å². The van der Waals surface area contributed by atoms with Crippen LogP contribution in [0.15, 0.2) is 65.6 Å². The van der Waals surface area contributed by atoms with E-state index >= 15 is 0 Å². The minimum absolute atomic E-state index is 0.0924. The van der Waals surface area contributed by atoms with Gasteiger partial charge in [-0.2, -0.15) is 4.31 Å². The summed E-state index contributed by atoms with van der Waals surface area (Å²) in [5, 5.41) is 3.23. The Morgan fingerprint density at radius 2 is 1.50 bits per heavy atom. The number of carbonyl (C=O) groups is 2. The van der Waals surface area contributed by atoms with Crippen LogP contribution in [-0.4, -0.2) is 56.5 Å². The molecule has 12 heteroatoms. The summed E-state index contributed by atoms with van der Waals surface area (Å²) in [6, 6.07) is 15.6. The van der Waals surface area contributed by atoms with E-state index in [4.69, 9.17) is 37.4 Å². The highest BCUT2D eigenvalue weighted by Gasteiger charge is 2.43. The largest absolute Gasteiger partial charge is 0.490 e. The van der Waals surface area contributed by atoms with Crippen LogP contribution in [0, 0.1) is 0 Å².